The van der Waals surface area contributed by atoms with Crippen LogP contribution in [0.5, 0.6) is 5.75 Å². The Morgan fingerprint density at radius 3 is 2.44 bits per heavy atom. The second kappa shape index (κ2) is 4.44. The van der Waals surface area contributed by atoms with Crippen molar-refractivity contribution >= 4 is 11.8 Å². The van der Waals surface area contributed by atoms with Gasteiger partial charge < -0.3 is 10.6 Å². The summed E-state index contributed by atoms with van der Waals surface area (Å²) in [5, 5.41) is 8.70. The summed E-state index contributed by atoms with van der Waals surface area (Å²) in [5.74, 6) is 7.30. The van der Waals surface area contributed by atoms with Crippen molar-refractivity contribution < 1.29 is 4.74 Å². The highest BCUT2D eigenvalue weighted by molar-refractivity contribution is 7.98. The first kappa shape index (κ1) is 10.8. The molecule has 1 aromatic heterocycles. The quantitative estimate of drug-likeness (QED) is 0.644. The molecule has 0 bridgehead atoms. The van der Waals surface area contributed by atoms with Crippen molar-refractivity contribution in [3.63, 3.8) is 0 Å². The Morgan fingerprint density at radius 2 is 1.94 bits per heavy atom. The minimum absolute atomic E-state index is 0.645. The molecule has 84 valence electrons. The van der Waals surface area contributed by atoms with E-state index in [-0.39, 0.29) is 0 Å². The van der Waals surface area contributed by atoms with Gasteiger partial charge in [0.2, 0.25) is 5.16 Å². The van der Waals surface area contributed by atoms with Crippen LogP contribution in [0.25, 0.3) is 11.4 Å². The van der Waals surface area contributed by atoms with E-state index in [1.807, 2.05) is 30.5 Å². The van der Waals surface area contributed by atoms with Gasteiger partial charge in [0, 0.05) is 5.56 Å². The first-order chi connectivity index (χ1) is 7.76. The molecule has 1 heterocycles. The Balaban J connectivity index is 2.38. The summed E-state index contributed by atoms with van der Waals surface area (Å²) in [4.78, 5) is 0. The van der Waals surface area contributed by atoms with Crippen LogP contribution in [0.2, 0.25) is 0 Å². The molecule has 0 aliphatic heterocycles. The number of hydrogen-bond acceptors (Lipinski definition) is 5. The predicted molar refractivity (Wildman–Crippen MR) is 63.9 cm³/mol. The number of benzene rings is 1. The maximum atomic E-state index is 5.86. The molecule has 1 aromatic carbocycles. The number of rotatable bonds is 3. The Kier molecular flexibility index (Phi) is 3.00. The fourth-order valence-electron chi connectivity index (χ4n) is 1.35. The summed E-state index contributed by atoms with van der Waals surface area (Å²) in [6, 6.07) is 7.53. The van der Waals surface area contributed by atoms with Crippen molar-refractivity contribution in [3.05, 3.63) is 24.3 Å². The Labute approximate surface area is 97.6 Å². The van der Waals surface area contributed by atoms with Crippen LogP contribution >= 0.6 is 11.8 Å². The Morgan fingerprint density at radius 1 is 1.25 bits per heavy atom. The lowest BCUT2D eigenvalue weighted by atomic mass is 10.2. The topological polar surface area (TPSA) is 66.0 Å². The number of thioether (sulfide) groups is 1. The highest BCUT2D eigenvalue weighted by atomic mass is 32.2. The summed E-state index contributed by atoms with van der Waals surface area (Å²) in [5.41, 5.74) is 0.913. The van der Waals surface area contributed by atoms with Gasteiger partial charge in [-0.15, -0.1) is 10.2 Å². The maximum Gasteiger partial charge on any atom is 0.209 e. The molecule has 2 N–H and O–H groups in total. The van der Waals surface area contributed by atoms with E-state index < -0.39 is 0 Å². The van der Waals surface area contributed by atoms with Crippen LogP contribution in [0.1, 0.15) is 0 Å². The minimum atomic E-state index is 0.645. The highest BCUT2D eigenvalue weighted by Crippen LogP contribution is 2.22. The fraction of sp³-hybridized carbons (Fsp3) is 0.200. The number of ether oxygens (including phenoxy) is 1. The molecule has 0 aliphatic carbocycles. The summed E-state index contributed by atoms with van der Waals surface area (Å²) in [6.45, 7) is 0. The van der Waals surface area contributed by atoms with E-state index in [4.69, 9.17) is 10.6 Å². The van der Waals surface area contributed by atoms with E-state index in [2.05, 4.69) is 10.2 Å². The summed E-state index contributed by atoms with van der Waals surface area (Å²) in [6.07, 6.45) is 1.91. The SMILES string of the molecule is COc1ccc(-c2nnc(SC)n2N)cc1. The van der Waals surface area contributed by atoms with Gasteiger partial charge in [0.25, 0.3) is 0 Å². The number of nitrogens with zero attached hydrogens (tertiary/aromatic N) is 3. The van der Waals surface area contributed by atoms with Crippen molar-refractivity contribution in [2.75, 3.05) is 19.2 Å². The zero-order chi connectivity index (χ0) is 11.5. The van der Waals surface area contributed by atoms with Gasteiger partial charge in [0.15, 0.2) is 5.82 Å². The fourth-order valence-corrected chi connectivity index (χ4v) is 1.76. The van der Waals surface area contributed by atoms with Gasteiger partial charge >= 0.3 is 0 Å². The molecule has 0 radical (unpaired) electrons. The summed E-state index contributed by atoms with van der Waals surface area (Å²) >= 11 is 1.46. The lowest BCUT2D eigenvalue weighted by Crippen LogP contribution is -2.11. The summed E-state index contributed by atoms with van der Waals surface area (Å²) in [7, 11) is 1.63. The predicted octanol–water partition coefficient (Wildman–Crippen LogP) is 1.39. The minimum Gasteiger partial charge on any atom is -0.497 e. The zero-order valence-corrected chi connectivity index (χ0v) is 9.86. The molecule has 0 unspecified atom stereocenters. The van der Waals surface area contributed by atoms with Crippen LogP contribution in [0.4, 0.5) is 0 Å². The third kappa shape index (κ3) is 1.83. The van der Waals surface area contributed by atoms with Gasteiger partial charge in [-0.3, -0.25) is 0 Å². The molecule has 0 atom stereocenters. The lowest BCUT2D eigenvalue weighted by molar-refractivity contribution is 0.415. The van der Waals surface area contributed by atoms with Crippen LogP contribution < -0.4 is 10.6 Å². The number of nitrogen functional groups attached to an aromatic ring is 1. The molecular weight excluding hydrogens is 224 g/mol. The number of methoxy groups -OCH3 is 1. The number of aromatic nitrogens is 3. The molecule has 6 heteroatoms. The molecule has 16 heavy (non-hydrogen) atoms. The average Bonchev–Trinajstić information content (AvgIpc) is 2.70. The molecule has 2 aromatic rings. The van der Waals surface area contributed by atoms with Gasteiger partial charge in [-0.05, 0) is 30.5 Å². The Hall–Kier alpha value is -1.69. The van der Waals surface area contributed by atoms with E-state index >= 15 is 0 Å². The second-order valence-corrected chi connectivity index (χ2v) is 3.88. The van der Waals surface area contributed by atoms with Gasteiger partial charge in [-0.25, -0.2) is 4.68 Å². The van der Waals surface area contributed by atoms with Gasteiger partial charge in [0.1, 0.15) is 5.75 Å². The van der Waals surface area contributed by atoms with Crippen molar-refractivity contribution in [1.29, 1.82) is 0 Å². The average molecular weight is 236 g/mol. The van der Waals surface area contributed by atoms with E-state index in [1.165, 1.54) is 16.4 Å². The third-order valence-corrected chi connectivity index (χ3v) is 2.84. The normalized spacial score (nSPS) is 10.4. The second-order valence-electron chi connectivity index (χ2n) is 3.11. The van der Waals surface area contributed by atoms with Crippen molar-refractivity contribution in [2.24, 2.45) is 0 Å². The molecule has 5 nitrogen and oxygen atoms in total. The first-order valence-electron chi connectivity index (χ1n) is 4.65. The molecule has 2 rings (SSSR count). The van der Waals surface area contributed by atoms with Crippen LogP contribution in [-0.4, -0.2) is 28.2 Å². The molecular formula is C10H12N4OS. The van der Waals surface area contributed by atoms with Crippen LogP contribution in [-0.2, 0) is 0 Å². The van der Waals surface area contributed by atoms with E-state index in [9.17, 15) is 0 Å². The smallest absolute Gasteiger partial charge is 0.209 e. The van der Waals surface area contributed by atoms with Crippen molar-refractivity contribution in [1.82, 2.24) is 14.9 Å². The van der Waals surface area contributed by atoms with E-state index in [1.54, 1.807) is 7.11 Å². The van der Waals surface area contributed by atoms with Crippen molar-refractivity contribution in [3.8, 4) is 17.1 Å². The number of hydrogen-bond donors (Lipinski definition) is 1. The van der Waals surface area contributed by atoms with Gasteiger partial charge in [0.05, 0.1) is 7.11 Å². The van der Waals surface area contributed by atoms with Crippen LogP contribution in [0.15, 0.2) is 29.4 Å². The van der Waals surface area contributed by atoms with Gasteiger partial charge in [-0.2, -0.15) is 0 Å². The number of nitrogens with two attached hydrogens (primary N) is 1. The van der Waals surface area contributed by atoms with Crippen LogP contribution in [0.3, 0.4) is 0 Å². The standard InChI is InChI=1S/C10H12N4OS/c1-15-8-5-3-7(4-6-8)9-12-13-10(16-2)14(9)11/h3-6H,11H2,1-2H3. The molecule has 0 saturated carbocycles. The summed E-state index contributed by atoms with van der Waals surface area (Å²) < 4.78 is 6.56. The lowest BCUT2D eigenvalue weighted by Gasteiger charge is -2.03. The zero-order valence-electron chi connectivity index (χ0n) is 9.04. The molecule has 0 spiro atoms. The first-order valence-corrected chi connectivity index (χ1v) is 5.87. The largest absolute Gasteiger partial charge is 0.497 e. The third-order valence-electron chi connectivity index (χ3n) is 2.20. The highest BCUT2D eigenvalue weighted by Gasteiger charge is 2.10. The van der Waals surface area contributed by atoms with Gasteiger partial charge in [-0.1, -0.05) is 11.8 Å². The van der Waals surface area contributed by atoms with E-state index in [0.717, 1.165) is 11.3 Å². The maximum absolute atomic E-state index is 5.86. The molecule has 0 fully saturated rings. The monoisotopic (exact) mass is 236 g/mol. The van der Waals surface area contributed by atoms with Crippen LogP contribution in [0, 0.1) is 0 Å². The molecule has 0 amide bonds. The molecule has 0 aliphatic rings. The van der Waals surface area contributed by atoms with Crippen molar-refractivity contribution in [2.45, 2.75) is 5.16 Å². The Bertz CT molecular complexity index is 480. The molecule has 0 saturated heterocycles. The van der Waals surface area contributed by atoms with E-state index in [0.29, 0.717) is 11.0 Å².